The minimum atomic E-state index is -0.171. The Morgan fingerprint density at radius 2 is 2.00 bits per heavy atom. The van der Waals surface area contributed by atoms with Crippen LogP contribution in [0.3, 0.4) is 0 Å². The number of methoxy groups -OCH3 is 1. The van der Waals surface area contributed by atoms with Crippen molar-refractivity contribution in [2.24, 2.45) is 0 Å². The lowest BCUT2D eigenvalue weighted by Gasteiger charge is -2.29. The first-order chi connectivity index (χ1) is 14.2. The number of aromatic nitrogens is 1. The number of anilines is 1. The van der Waals surface area contributed by atoms with Gasteiger partial charge in [0.15, 0.2) is 5.01 Å². The van der Waals surface area contributed by atoms with Crippen LogP contribution in [0.25, 0.3) is 10.2 Å². The van der Waals surface area contributed by atoms with Crippen molar-refractivity contribution in [2.45, 2.75) is 6.42 Å². The van der Waals surface area contributed by atoms with Gasteiger partial charge in [-0.15, -0.1) is 11.3 Å². The molecule has 8 heteroatoms. The summed E-state index contributed by atoms with van der Waals surface area (Å²) < 4.78 is 11.9. The molecule has 0 spiro atoms. The van der Waals surface area contributed by atoms with E-state index >= 15 is 0 Å². The molecule has 1 amide bonds. The van der Waals surface area contributed by atoms with Crippen molar-refractivity contribution < 1.29 is 14.3 Å². The van der Waals surface area contributed by atoms with E-state index in [1.165, 1.54) is 11.3 Å². The standard InChI is InChI=1S/C21H22ClN3O3S/c1-27-17-7-6-16(25-10-12-28-13-11-25)19-18(17)24-21(29-19)20(26)23-9-8-14-2-4-15(22)5-3-14/h2-7H,8-13H2,1H3,(H,23,26). The Kier molecular flexibility index (Phi) is 6.18. The first kappa shape index (κ1) is 19.9. The molecule has 1 aliphatic rings. The maximum atomic E-state index is 12.7. The Bertz CT molecular complexity index is 1000. The van der Waals surface area contributed by atoms with Gasteiger partial charge in [0.25, 0.3) is 5.91 Å². The molecule has 4 rings (SSSR count). The molecule has 0 atom stereocenters. The van der Waals surface area contributed by atoms with E-state index in [4.69, 9.17) is 21.1 Å². The third-order valence-corrected chi connectivity index (χ3v) is 6.19. The third-order valence-electron chi connectivity index (χ3n) is 4.86. The molecule has 1 saturated heterocycles. The summed E-state index contributed by atoms with van der Waals surface area (Å²) in [4.78, 5) is 19.5. The molecule has 0 saturated carbocycles. The fourth-order valence-corrected chi connectivity index (χ4v) is 4.50. The Morgan fingerprint density at radius 1 is 1.24 bits per heavy atom. The number of carbonyl (C=O) groups is 1. The van der Waals surface area contributed by atoms with Gasteiger partial charge in [0.2, 0.25) is 0 Å². The molecule has 2 heterocycles. The first-order valence-electron chi connectivity index (χ1n) is 9.48. The van der Waals surface area contributed by atoms with Gasteiger partial charge in [-0.05, 0) is 36.2 Å². The summed E-state index contributed by atoms with van der Waals surface area (Å²) in [6.07, 6.45) is 0.732. The predicted octanol–water partition coefficient (Wildman–Crippen LogP) is 3.77. The van der Waals surface area contributed by atoms with Crippen LogP contribution in [-0.4, -0.2) is 50.8 Å². The zero-order valence-corrected chi connectivity index (χ0v) is 17.7. The van der Waals surface area contributed by atoms with Crippen LogP contribution in [0, 0.1) is 0 Å². The lowest BCUT2D eigenvalue weighted by Crippen LogP contribution is -2.36. The van der Waals surface area contributed by atoms with Crippen LogP contribution in [0.5, 0.6) is 5.75 Å². The van der Waals surface area contributed by atoms with Crippen LogP contribution < -0.4 is 15.0 Å². The van der Waals surface area contributed by atoms with Crippen LogP contribution >= 0.6 is 22.9 Å². The molecule has 2 aromatic carbocycles. The summed E-state index contributed by atoms with van der Waals surface area (Å²) in [5.41, 5.74) is 2.92. The zero-order valence-electron chi connectivity index (χ0n) is 16.1. The topological polar surface area (TPSA) is 63.7 Å². The monoisotopic (exact) mass is 431 g/mol. The highest BCUT2D eigenvalue weighted by atomic mass is 35.5. The second kappa shape index (κ2) is 8.98. The molecular weight excluding hydrogens is 410 g/mol. The van der Waals surface area contributed by atoms with Gasteiger partial charge in [0.05, 0.1) is 30.7 Å². The number of nitrogens with one attached hydrogen (secondary N) is 1. The number of rotatable bonds is 6. The van der Waals surface area contributed by atoms with Gasteiger partial charge in [0, 0.05) is 24.7 Å². The van der Waals surface area contributed by atoms with Gasteiger partial charge in [-0.1, -0.05) is 23.7 Å². The summed E-state index contributed by atoms with van der Waals surface area (Å²) in [6, 6.07) is 11.6. The number of carbonyl (C=O) groups excluding carboxylic acids is 1. The summed E-state index contributed by atoms with van der Waals surface area (Å²) in [5, 5.41) is 4.11. The Morgan fingerprint density at radius 3 is 2.72 bits per heavy atom. The van der Waals surface area contributed by atoms with Crippen LogP contribution in [0.2, 0.25) is 5.02 Å². The number of halogens is 1. The maximum absolute atomic E-state index is 12.7. The first-order valence-corrected chi connectivity index (χ1v) is 10.7. The van der Waals surface area contributed by atoms with Crippen molar-refractivity contribution in [1.29, 1.82) is 0 Å². The van der Waals surface area contributed by atoms with Crippen LogP contribution in [0.4, 0.5) is 5.69 Å². The van der Waals surface area contributed by atoms with Crippen molar-refractivity contribution in [3.05, 3.63) is 52.0 Å². The predicted molar refractivity (Wildman–Crippen MR) is 117 cm³/mol. The number of ether oxygens (including phenoxy) is 2. The molecule has 0 bridgehead atoms. The van der Waals surface area contributed by atoms with E-state index in [1.807, 2.05) is 36.4 Å². The molecule has 1 aliphatic heterocycles. The summed E-state index contributed by atoms with van der Waals surface area (Å²) in [7, 11) is 1.62. The van der Waals surface area contributed by atoms with Gasteiger partial charge in [-0.2, -0.15) is 0 Å². The smallest absolute Gasteiger partial charge is 0.280 e. The van der Waals surface area contributed by atoms with Gasteiger partial charge in [0.1, 0.15) is 11.3 Å². The van der Waals surface area contributed by atoms with Crippen molar-refractivity contribution in [3.8, 4) is 5.75 Å². The molecule has 0 unspecified atom stereocenters. The molecule has 0 aliphatic carbocycles. The average Bonchev–Trinajstić information content (AvgIpc) is 3.20. The minimum absolute atomic E-state index is 0.171. The fraction of sp³-hybridized carbons (Fsp3) is 0.333. The minimum Gasteiger partial charge on any atom is -0.494 e. The number of nitrogens with zero attached hydrogens (tertiary/aromatic N) is 2. The summed E-state index contributed by atoms with van der Waals surface area (Å²) >= 11 is 7.31. The Balaban J connectivity index is 1.52. The van der Waals surface area contributed by atoms with E-state index < -0.39 is 0 Å². The number of hydrogen-bond donors (Lipinski definition) is 1. The van der Waals surface area contributed by atoms with E-state index in [1.54, 1.807) is 7.11 Å². The SMILES string of the molecule is COc1ccc(N2CCOCC2)c2sc(C(=O)NCCc3ccc(Cl)cc3)nc12. The number of hydrogen-bond acceptors (Lipinski definition) is 6. The number of thiazole rings is 1. The Hall–Kier alpha value is -2.35. The highest BCUT2D eigenvalue weighted by Crippen LogP contribution is 2.37. The summed E-state index contributed by atoms with van der Waals surface area (Å²) in [6.45, 7) is 3.57. The lowest BCUT2D eigenvalue weighted by atomic mass is 10.1. The third kappa shape index (κ3) is 4.47. The molecule has 29 heavy (non-hydrogen) atoms. The number of benzene rings is 2. The number of fused-ring (bicyclic) bond motifs is 1. The highest BCUT2D eigenvalue weighted by molar-refractivity contribution is 7.21. The average molecular weight is 432 g/mol. The van der Waals surface area contributed by atoms with Gasteiger partial charge < -0.3 is 19.7 Å². The molecule has 3 aromatic rings. The van der Waals surface area contributed by atoms with Crippen LogP contribution in [-0.2, 0) is 11.2 Å². The van der Waals surface area contributed by atoms with Gasteiger partial charge >= 0.3 is 0 Å². The largest absolute Gasteiger partial charge is 0.494 e. The van der Waals surface area contributed by atoms with E-state index in [9.17, 15) is 4.79 Å². The molecule has 1 N–H and O–H groups in total. The zero-order chi connectivity index (χ0) is 20.2. The molecular formula is C21H22ClN3O3S. The van der Waals surface area contributed by atoms with Crippen molar-refractivity contribution in [3.63, 3.8) is 0 Å². The van der Waals surface area contributed by atoms with Crippen LogP contribution in [0.1, 0.15) is 15.4 Å². The summed E-state index contributed by atoms with van der Waals surface area (Å²) in [5.74, 6) is 0.503. The second-order valence-corrected chi connectivity index (χ2v) is 8.15. The molecule has 0 radical (unpaired) electrons. The molecule has 1 aromatic heterocycles. The van der Waals surface area contributed by atoms with Crippen molar-refractivity contribution in [1.82, 2.24) is 10.3 Å². The number of amides is 1. The van der Waals surface area contributed by atoms with Crippen molar-refractivity contribution in [2.75, 3.05) is 44.9 Å². The van der Waals surface area contributed by atoms with E-state index in [2.05, 4.69) is 15.2 Å². The Labute approximate surface area is 178 Å². The second-order valence-electron chi connectivity index (χ2n) is 6.72. The lowest BCUT2D eigenvalue weighted by molar-refractivity contribution is 0.0954. The molecule has 152 valence electrons. The molecule has 6 nitrogen and oxygen atoms in total. The number of morpholine rings is 1. The maximum Gasteiger partial charge on any atom is 0.280 e. The van der Waals surface area contributed by atoms with E-state index in [-0.39, 0.29) is 5.91 Å². The van der Waals surface area contributed by atoms with Gasteiger partial charge in [-0.3, -0.25) is 4.79 Å². The van der Waals surface area contributed by atoms with Crippen LogP contribution in [0.15, 0.2) is 36.4 Å². The van der Waals surface area contributed by atoms with Crippen molar-refractivity contribution >= 4 is 44.7 Å². The normalized spacial score (nSPS) is 14.2. The van der Waals surface area contributed by atoms with E-state index in [0.29, 0.717) is 35.5 Å². The highest BCUT2D eigenvalue weighted by Gasteiger charge is 2.21. The van der Waals surface area contributed by atoms with Gasteiger partial charge in [-0.25, -0.2) is 4.98 Å². The molecule has 1 fully saturated rings. The van der Waals surface area contributed by atoms with E-state index in [0.717, 1.165) is 41.0 Å². The quantitative estimate of drug-likeness (QED) is 0.643. The fourth-order valence-electron chi connectivity index (χ4n) is 3.33.